The van der Waals surface area contributed by atoms with Crippen LogP contribution < -0.4 is 0 Å². The highest BCUT2D eigenvalue weighted by molar-refractivity contribution is 9.10. The van der Waals surface area contributed by atoms with E-state index in [1.807, 2.05) is 25.1 Å². The largest absolute Gasteiger partial charge is 0.457 e. The second-order valence-electron chi connectivity index (χ2n) is 6.64. The van der Waals surface area contributed by atoms with Gasteiger partial charge in [0.2, 0.25) is 0 Å². The van der Waals surface area contributed by atoms with Gasteiger partial charge in [-0.2, -0.15) is 0 Å². The normalized spacial score (nSPS) is 18.8. The monoisotopic (exact) mass is 416 g/mol. The molecule has 2 aromatic rings. The van der Waals surface area contributed by atoms with Crippen molar-refractivity contribution in [3.05, 3.63) is 51.7 Å². The van der Waals surface area contributed by atoms with Gasteiger partial charge in [0.1, 0.15) is 17.1 Å². The number of halogens is 1. The molecule has 1 saturated carbocycles. The molecule has 6 heteroatoms. The van der Waals surface area contributed by atoms with Gasteiger partial charge in [0.15, 0.2) is 0 Å². The Hall–Kier alpha value is -2.34. The van der Waals surface area contributed by atoms with Gasteiger partial charge in [-0.25, -0.2) is 9.59 Å². The molecule has 4 rings (SSSR count). The standard InChI is InChI=1S/C20H17BrO5/c1-12-4-6-14(16(21)10-12)17-7-5-13(24-17)11-15-18(22)25-20(26-19(15)23)8-2-3-9-20/h4-7,10-11H,2-3,8-9H2,1H3. The Morgan fingerprint density at radius 2 is 1.73 bits per heavy atom. The zero-order chi connectivity index (χ0) is 18.3. The van der Waals surface area contributed by atoms with Crippen molar-refractivity contribution in [1.29, 1.82) is 0 Å². The SMILES string of the molecule is Cc1ccc(-c2ccc(C=C3C(=O)OC4(CCCC4)OC3=O)o2)c(Br)c1. The van der Waals surface area contributed by atoms with E-state index >= 15 is 0 Å². The van der Waals surface area contributed by atoms with Crippen molar-refractivity contribution in [2.24, 2.45) is 0 Å². The van der Waals surface area contributed by atoms with Crippen molar-refractivity contribution in [3.63, 3.8) is 0 Å². The van der Waals surface area contributed by atoms with Crippen LogP contribution in [0.2, 0.25) is 0 Å². The Kier molecular flexibility index (Phi) is 4.23. The van der Waals surface area contributed by atoms with Crippen molar-refractivity contribution >= 4 is 33.9 Å². The minimum Gasteiger partial charge on any atom is -0.457 e. The number of carbonyl (C=O) groups excluding carboxylic acids is 2. The molecule has 1 aliphatic heterocycles. The topological polar surface area (TPSA) is 65.7 Å². The van der Waals surface area contributed by atoms with E-state index in [1.54, 1.807) is 12.1 Å². The van der Waals surface area contributed by atoms with E-state index in [-0.39, 0.29) is 5.57 Å². The van der Waals surface area contributed by atoms with Crippen LogP contribution in [0.25, 0.3) is 17.4 Å². The van der Waals surface area contributed by atoms with Crippen LogP contribution in [0, 0.1) is 6.92 Å². The van der Waals surface area contributed by atoms with Crippen LogP contribution in [0.5, 0.6) is 0 Å². The summed E-state index contributed by atoms with van der Waals surface area (Å²) in [6, 6.07) is 9.42. The summed E-state index contributed by atoms with van der Waals surface area (Å²) in [4.78, 5) is 24.6. The Morgan fingerprint density at radius 3 is 2.38 bits per heavy atom. The molecule has 0 unspecified atom stereocenters. The van der Waals surface area contributed by atoms with Gasteiger partial charge in [0, 0.05) is 29.0 Å². The molecule has 1 spiro atoms. The molecule has 1 aromatic carbocycles. The Bertz CT molecular complexity index is 896. The zero-order valence-corrected chi connectivity index (χ0v) is 15.8. The van der Waals surface area contributed by atoms with Crippen molar-refractivity contribution in [2.75, 3.05) is 0 Å². The summed E-state index contributed by atoms with van der Waals surface area (Å²) < 4.78 is 17.5. The van der Waals surface area contributed by atoms with Crippen LogP contribution in [-0.2, 0) is 19.1 Å². The highest BCUT2D eigenvalue weighted by Crippen LogP contribution is 2.39. The van der Waals surface area contributed by atoms with Crippen molar-refractivity contribution in [2.45, 2.75) is 38.4 Å². The second-order valence-corrected chi connectivity index (χ2v) is 7.49. The highest BCUT2D eigenvalue weighted by Gasteiger charge is 2.48. The maximum absolute atomic E-state index is 12.3. The molecule has 0 bridgehead atoms. The molecule has 0 atom stereocenters. The van der Waals surface area contributed by atoms with Gasteiger partial charge in [-0.15, -0.1) is 0 Å². The first-order valence-electron chi connectivity index (χ1n) is 8.51. The van der Waals surface area contributed by atoms with Crippen LogP contribution in [0.4, 0.5) is 0 Å². The van der Waals surface area contributed by atoms with Gasteiger partial charge in [-0.05, 0) is 49.6 Å². The van der Waals surface area contributed by atoms with Gasteiger partial charge in [-0.3, -0.25) is 0 Å². The predicted molar refractivity (Wildman–Crippen MR) is 97.9 cm³/mol. The van der Waals surface area contributed by atoms with Crippen molar-refractivity contribution in [3.8, 4) is 11.3 Å². The summed E-state index contributed by atoms with van der Waals surface area (Å²) in [6.07, 6.45) is 4.26. The lowest BCUT2D eigenvalue weighted by atomic mass is 10.1. The van der Waals surface area contributed by atoms with E-state index in [1.165, 1.54) is 6.08 Å². The molecule has 26 heavy (non-hydrogen) atoms. The molecule has 0 N–H and O–H groups in total. The fourth-order valence-electron chi connectivity index (χ4n) is 3.33. The second kappa shape index (κ2) is 6.43. The van der Waals surface area contributed by atoms with Crippen molar-refractivity contribution < 1.29 is 23.5 Å². The molecule has 0 amide bonds. The first kappa shape index (κ1) is 17.1. The third-order valence-corrected chi connectivity index (χ3v) is 5.32. The third kappa shape index (κ3) is 3.09. The van der Waals surface area contributed by atoms with Gasteiger partial charge in [0.25, 0.3) is 5.79 Å². The molecule has 1 aromatic heterocycles. The minimum absolute atomic E-state index is 0.147. The number of carbonyl (C=O) groups is 2. The fourth-order valence-corrected chi connectivity index (χ4v) is 4.01. The lowest BCUT2D eigenvalue weighted by Gasteiger charge is -2.32. The molecular weight excluding hydrogens is 400 g/mol. The number of esters is 2. The zero-order valence-electron chi connectivity index (χ0n) is 14.2. The smallest absolute Gasteiger partial charge is 0.349 e. The molecule has 2 heterocycles. The molecule has 5 nitrogen and oxygen atoms in total. The van der Waals surface area contributed by atoms with Gasteiger partial charge >= 0.3 is 11.9 Å². The molecule has 1 aliphatic carbocycles. The first-order chi connectivity index (χ1) is 12.5. The van der Waals surface area contributed by atoms with E-state index in [4.69, 9.17) is 13.9 Å². The first-order valence-corrected chi connectivity index (χ1v) is 9.30. The average Bonchev–Trinajstić information content (AvgIpc) is 3.21. The molecule has 1 saturated heterocycles. The van der Waals surface area contributed by atoms with Crippen LogP contribution >= 0.6 is 15.9 Å². The molecular formula is C20H17BrO5. The summed E-state index contributed by atoms with van der Waals surface area (Å²) in [5.41, 5.74) is 1.87. The summed E-state index contributed by atoms with van der Waals surface area (Å²) in [7, 11) is 0. The number of furan rings is 1. The summed E-state index contributed by atoms with van der Waals surface area (Å²) in [5, 5.41) is 0. The van der Waals surface area contributed by atoms with E-state index in [0.29, 0.717) is 24.4 Å². The van der Waals surface area contributed by atoms with Gasteiger partial charge in [-0.1, -0.05) is 22.0 Å². The highest BCUT2D eigenvalue weighted by atomic mass is 79.9. The molecule has 0 radical (unpaired) electrons. The van der Waals surface area contributed by atoms with E-state index in [0.717, 1.165) is 28.4 Å². The maximum atomic E-state index is 12.3. The Balaban J connectivity index is 1.60. The van der Waals surface area contributed by atoms with Crippen molar-refractivity contribution in [1.82, 2.24) is 0 Å². The third-order valence-electron chi connectivity index (χ3n) is 4.67. The molecule has 2 aliphatic rings. The fraction of sp³-hybridized carbons (Fsp3) is 0.300. The quantitative estimate of drug-likeness (QED) is 0.400. The predicted octanol–water partition coefficient (Wildman–Crippen LogP) is 4.77. The van der Waals surface area contributed by atoms with Crippen LogP contribution in [0.1, 0.15) is 37.0 Å². The van der Waals surface area contributed by atoms with Gasteiger partial charge in [0.05, 0.1) is 0 Å². The summed E-state index contributed by atoms with van der Waals surface area (Å²) in [5.74, 6) is -1.35. The minimum atomic E-state index is -1.06. The number of ether oxygens (including phenoxy) is 2. The molecule has 134 valence electrons. The average molecular weight is 417 g/mol. The van der Waals surface area contributed by atoms with E-state index in [2.05, 4.69) is 15.9 Å². The summed E-state index contributed by atoms with van der Waals surface area (Å²) >= 11 is 3.52. The lowest BCUT2D eigenvalue weighted by molar-refractivity contribution is -0.232. The number of hydrogen-bond donors (Lipinski definition) is 0. The number of hydrogen-bond acceptors (Lipinski definition) is 5. The number of benzene rings is 1. The Labute approximate surface area is 159 Å². The Morgan fingerprint density at radius 1 is 1.04 bits per heavy atom. The molecule has 2 fully saturated rings. The van der Waals surface area contributed by atoms with E-state index in [9.17, 15) is 9.59 Å². The van der Waals surface area contributed by atoms with Crippen LogP contribution in [0.15, 0.2) is 44.8 Å². The van der Waals surface area contributed by atoms with Crippen LogP contribution in [-0.4, -0.2) is 17.7 Å². The van der Waals surface area contributed by atoms with Gasteiger partial charge < -0.3 is 13.9 Å². The van der Waals surface area contributed by atoms with Crippen LogP contribution in [0.3, 0.4) is 0 Å². The lowest BCUT2D eigenvalue weighted by Crippen LogP contribution is -2.44. The number of rotatable bonds is 2. The number of aryl methyl sites for hydroxylation is 1. The van der Waals surface area contributed by atoms with E-state index < -0.39 is 17.7 Å². The summed E-state index contributed by atoms with van der Waals surface area (Å²) in [6.45, 7) is 2.00. The maximum Gasteiger partial charge on any atom is 0.349 e.